The minimum absolute atomic E-state index is 0.110. The van der Waals surface area contributed by atoms with Gasteiger partial charge in [0.1, 0.15) is 6.26 Å². The number of furan rings is 1. The number of pyridine rings is 1. The average molecular weight is 375 g/mol. The minimum atomic E-state index is -3.38. The van der Waals surface area contributed by atoms with Crippen LogP contribution in [-0.4, -0.2) is 60.3 Å². The first kappa shape index (κ1) is 16.8. The SMILES string of the molecule is O=C(NC1CS(=O)(=O)C2CN(C(=O)c3cccnc3)CC12)c1ccoc1. The molecular weight excluding hydrogens is 358 g/mol. The Hall–Kier alpha value is -2.68. The van der Waals surface area contributed by atoms with Crippen LogP contribution in [0.25, 0.3) is 0 Å². The van der Waals surface area contributed by atoms with Crippen molar-refractivity contribution in [3.63, 3.8) is 0 Å². The van der Waals surface area contributed by atoms with E-state index in [1.807, 2.05) is 0 Å². The summed E-state index contributed by atoms with van der Waals surface area (Å²) in [4.78, 5) is 30.3. The van der Waals surface area contributed by atoms with Gasteiger partial charge in [0.05, 0.1) is 28.4 Å². The summed E-state index contributed by atoms with van der Waals surface area (Å²) < 4.78 is 29.9. The van der Waals surface area contributed by atoms with Crippen LogP contribution >= 0.6 is 0 Å². The number of aromatic nitrogens is 1. The van der Waals surface area contributed by atoms with E-state index in [1.54, 1.807) is 18.3 Å². The summed E-state index contributed by atoms with van der Waals surface area (Å²) in [5.74, 6) is -1.06. The first-order chi connectivity index (χ1) is 12.5. The van der Waals surface area contributed by atoms with Crippen molar-refractivity contribution in [3.8, 4) is 0 Å². The number of likely N-dealkylation sites (tertiary alicyclic amines) is 1. The molecule has 2 aromatic heterocycles. The van der Waals surface area contributed by atoms with Crippen molar-refractivity contribution in [1.29, 1.82) is 0 Å². The van der Waals surface area contributed by atoms with E-state index in [-0.39, 0.29) is 36.6 Å². The van der Waals surface area contributed by atoms with E-state index in [1.165, 1.54) is 29.7 Å². The van der Waals surface area contributed by atoms with Gasteiger partial charge in [-0.15, -0.1) is 0 Å². The summed E-state index contributed by atoms with van der Waals surface area (Å²) in [6, 6.07) is 4.30. The van der Waals surface area contributed by atoms with Crippen LogP contribution in [0.5, 0.6) is 0 Å². The highest BCUT2D eigenvalue weighted by Gasteiger charge is 2.53. The molecule has 0 aliphatic carbocycles. The number of nitrogens with one attached hydrogen (secondary N) is 1. The molecule has 26 heavy (non-hydrogen) atoms. The summed E-state index contributed by atoms with van der Waals surface area (Å²) in [6.07, 6.45) is 5.72. The lowest BCUT2D eigenvalue weighted by Crippen LogP contribution is -2.42. The van der Waals surface area contributed by atoms with Crippen molar-refractivity contribution in [2.75, 3.05) is 18.8 Å². The lowest BCUT2D eigenvalue weighted by atomic mass is 10.0. The van der Waals surface area contributed by atoms with Gasteiger partial charge in [-0.1, -0.05) is 0 Å². The zero-order valence-corrected chi connectivity index (χ0v) is 14.6. The van der Waals surface area contributed by atoms with Gasteiger partial charge in [0, 0.05) is 37.4 Å². The van der Waals surface area contributed by atoms with Crippen LogP contribution < -0.4 is 5.32 Å². The van der Waals surface area contributed by atoms with Gasteiger partial charge >= 0.3 is 0 Å². The summed E-state index contributed by atoms with van der Waals surface area (Å²) >= 11 is 0. The predicted octanol–water partition coefficient (Wildman–Crippen LogP) is 0.342. The van der Waals surface area contributed by atoms with E-state index >= 15 is 0 Å². The van der Waals surface area contributed by atoms with Gasteiger partial charge in [-0.2, -0.15) is 0 Å². The molecule has 2 aliphatic rings. The Balaban J connectivity index is 1.52. The van der Waals surface area contributed by atoms with Crippen LogP contribution in [-0.2, 0) is 9.84 Å². The maximum Gasteiger partial charge on any atom is 0.255 e. The Morgan fingerprint density at radius 1 is 1.23 bits per heavy atom. The van der Waals surface area contributed by atoms with Gasteiger partial charge in [0.25, 0.3) is 11.8 Å². The molecule has 0 saturated carbocycles. The Morgan fingerprint density at radius 3 is 2.77 bits per heavy atom. The van der Waals surface area contributed by atoms with Crippen LogP contribution in [0.15, 0.2) is 47.5 Å². The largest absolute Gasteiger partial charge is 0.472 e. The van der Waals surface area contributed by atoms with E-state index in [0.717, 1.165) is 0 Å². The second kappa shape index (κ2) is 6.24. The molecule has 2 aliphatic heterocycles. The standard InChI is InChI=1S/C17H17N3O5S/c21-16(12-3-5-25-9-12)19-14-10-26(23,24)15-8-20(7-13(14)15)17(22)11-2-1-4-18-6-11/h1-6,9,13-15H,7-8,10H2,(H,19,21). The second-order valence-electron chi connectivity index (χ2n) is 6.58. The monoisotopic (exact) mass is 375 g/mol. The molecule has 136 valence electrons. The van der Waals surface area contributed by atoms with Crippen molar-refractivity contribution in [2.45, 2.75) is 11.3 Å². The molecule has 3 atom stereocenters. The highest BCUT2D eigenvalue weighted by Crippen LogP contribution is 2.34. The molecule has 2 fully saturated rings. The molecule has 3 unspecified atom stereocenters. The van der Waals surface area contributed by atoms with E-state index < -0.39 is 21.1 Å². The first-order valence-corrected chi connectivity index (χ1v) is 9.91. The normalized spacial score (nSPS) is 26.5. The molecule has 1 N–H and O–H groups in total. The number of fused-ring (bicyclic) bond motifs is 1. The van der Waals surface area contributed by atoms with Gasteiger partial charge in [-0.25, -0.2) is 8.42 Å². The number of carbonyl (C=O) groups excluding carboxylic acids is 2. The highest BCUT2D eigenvalue weighted by molar-refractivity contribution is 7.92. The van der Waals surface area contributed by atoms with Gasteiger partial charge < -0.3 is 14.6 Å². The minimum Gasteiger partial charge on any atom is -0.472 e. The number of rotatable bonds is 3. The third-order valence-corrected chi connectivity index (χ3v) is 7.24. The molecule has 4 heterocycles. The van der Waals surface area contributed by atoms with Crippen LogP contribution in [0.2, 0.25) is 0 Å². The Morgan fingerprint density at radius 2 is 2.08 bits per heavy atom. The predicted molar refractivity (Wildman–Crippen MR) is 91.2 cm³/mol. The fourth-order valence-electron chi connectivity index (χ4n) is 3.69. The smallest absolute Gasteiger partial charge is 0.255 e. The van der Waals surface area contributed by atoms with E-state index in [9.17, 15) is 18.0 Å². The third kappa shape index (κ3) is 2.88. The number of carbonyl (C=O) groups is 2. The quantitative estimate of drug-likeness (QED) is 0.829. The van der Waals surface area contributed by atoms with Crippen LogP contribution in [0.3, 0.4) is 0 Å². The van der Waals surface area contributed by atoms with E-state index in [4.69, 9.17) is 4.42 Å². The summed E-state index contributed by atoms with van der Waals surface area (Å²) in [6.45, 7) is 0.423. The fraction of sp³-hybridized carbons (Fsp3) is 0.353. The maximum atomic E-state index is 12.6. The molecule has 0 radical (unpaired) electrons. The first-order valence-electron chi connectivity index (χ1n) is 8.19. The van der Waals surface area contributed by atoms with Crippen molar-refractivity contribution >= 4 is 21.7 Å². The van der Waals surface area contributed by atoms with Crippen molar-refractivity contribution in [1.82, 2.24) is 15.2 Å². The summed E-state index contributed by atoms with van der Waals surface area (Å²) in [7, 11) is -3.38. The molecular formula is C17H17N3O5S. The zero-order chi connectivity index (χ0) is 18.3. The lowest BCUT2D eigenvalue weighted by molar-refractivity contribution is 0.0783. The number of nitrogens with zero attached hydrogens (tertiary/aromatic N) is 2. The number of sulfone groups is 1. The highest BCUT2D eigenvalue weighted by atomic mass is 32.2. The second-order valence-corrected chi connectivity index (χ2v) is 8.84. The molecule has 0 spiro atoms. The summed E-state index contributed by atoms with van der Waals surface area (Å²) in [5, 5.41) is 2.12. The number of hydrogen-bond donors (Lipinski definition) is 1. The number of hydrogen-bond acceptors (Lipinski definition) is 6. The molecule has 9 heteroatoms. The molecule has 2 amide bonds. The van der Waals surface area contributed by atoms with Gasteiger partial charge in [0.2, 0.25) is 0 Å². The van der Waals surface area contributed by atoms with Crippen molar-refractivity contribution in [2.24, 2.45) is 5.92 Å². The molecule has 0 bridgehead atoms. The lowest BCUT2D eigenvalue weighted by Gasteiger charge is -2.20. The van der Waals surface area contributed by atoms with Gasteiger partial charge in [-0.3, -0.25) is 14.6 Å². The Bertz CT molecular complexity index is 927. The van der Waals surface area contributed by atoms with Crippen LogP contribution in [0.4, 0.5) is 0 Å². The van der Waals surface area contributed by atoms with Crippen molar-refractivity contribution < 1.29 is 22.4 Å². The average Bonchev–Trinajstić information content (AvgIpc) is 3.34. The Labute approximate surface area is 150 Å². The van der Waals surface area contributed by atoms with E-state index in [2.05, 4.69) is 10.3 Å². The van der Waals surface area contributed by atoms with Crippen molar-refractivity contribution in [3.05, 3.63) is 54.2 Å². The molecule has 4 rings (SSSR count). The fourth-order valence-corrected chi connectivity index (χ4v) is 5.99. The Kier molecular flexibility index (Phi) is 4.03. The molecule has 2 saturated heterocycles. The number of amides is 2. The van der Waals surface area contributed by atoms with Crippen LogP contribution in [0, 0.1) is 5.92 Å². The summed E-state index contributed by atoms with van der Waals surface area (Å²) in [5.41, 5.74) is 0.760. The maximum absolute atomic E-state index is 12.6. The molecule has 8 nitrogen and oxygen atoms in total. The van der Waals surface area contributed by atoms with Crippen LogP contribution in [0.1, 0.15) is 20.7 Å². The molecule has 2 aromatic rings. The van der Waals surface area contributed by atoms with E-state index in [0.29, 0.717) is 11.1 Å². The topological polar surface area (TPSA) is 110 Å². The van der Waals surface area contributed by atoms with Gasteiger partial charge in [0.15, 0.2) is 9.84 Å². The van der Waals surface area contributed by atoms with Gasteiger partial charge in [-0.05, 0) is 18.2 Å². The molecule has 0 aromatic carbocycles. The zero-order valence-electron chi connectivity index (χ0n) is 13.7. The third-order valence-electron chi connectivity index (χ3n) is 4.99.